The van der Waals surface area contributed by atoms with E-state index in [9.17, 15) is 0 Å². The summed E-state index contributed by atoms with van der Waals surface area (Å²) in [4.78, 5) is 0. The van der Waals surface area contributed by atoms with E-state index in [0.29, 0.717) is 0 Å². The molecule has 0 N–H and O–H groups in total. The largest absolute Gasteiger partial charge is 0.381 e. The Balaban J connectivity index is 1.96. The average Bonchev–Trinajstić information content (AvgIpc) is 2.57. The predicted molar refractivity (Wildman–Crippen MR) is 45.9 cm³/mol. The lowest BCUT2D eigenvalue weighted by Gasteiger charge is -1.99. The van der Waals surface area contributed by atoms with Gasteiger partial charge in [-0.15, -0.1) is 0 Å². The minimum atomic E-state index is 0.820. The molecule has 3 nitrogen and oxygen atoms in total. The Kier molecular flexibility index (Phi) is 4.46. The van der Waals surface area contributed by atoms with Gasteiger partial charge in [-0.3, -0.25) is 0 Å². The summed E-state index contributed by atoms with van der Waals surface area (Å²) < 4.78 is 10.0. The summed E-state index contributed by atoms with van der Waals surface area (Å²) in [6.07, 6.45) is 4.65. The van der Waals surface area contributed by atoms with Gasteiger partial charge in [-0.05, 0) is 19.3 Å². The molecular formula is C9H15NO2. The first-order valence-electron chi connectivity index (χ1n) is 4.40. The molecular weight excluding hydrogens is 154 g/mol. The maximum atomic E-state index is 5.32. The number of hydrogen-bond donors (Lipinski definition) is 0. The van der Waals surface area contributed by atoms with E-state index < -0.39 is 0 Å². The molecule has 0 aromatic carbocycles. The van der Waals surface area contributed by atoms with Gasteiger partial charge in [0, 0.05) is 19.3 Å². The van der Waals surface area contributed by atoms with Gasteiger partial charge in [-0.25, -0.2) is 0 Å². The Morgan fingerprint density at radius 2 is 2.42 bits per heavy atom. The van der Waals surface area contributed by atoms with E-state index in [4.69, 9.17) is 9.26 Å². The summed E-state index contributed by atoms with van der Waals surface area (Å²) in [5.41, 5.74) is 1.01. The van der Waals surface area contributed by atoms with E-state index in [-0.39, 0.29) is 0 Å². The van der Waals surface area contributed by atoms with Crippen molar-refractivity contribution in [2.45, 2.75) is 26.2 Å². The van der Waals surface area contributed by atoms with Crippen molar-refractivity contribution in [1.82, 2.24) is 5.16 Å². The van der Waals surface area contributed by atoms with Gasteiger partial charge in [-0.1, -0.05) is 12.1 Å². The molecule has 1 aromatic rings. The van der Waals surface area contributed by atoms with Gasteiger partial charge >= 0.3 is 0 Å². The van der Waals surface area contributed by atoms with Gasteiger partial charge in [0.1, 0.15) is 6.26 Å². The zero-order valence-electron chi connectivity index (χ0n) is 7.45. The van der Waals surface area contributed by atoms with E-state index in [0.717, 1.165) is 38.2 Å². The van der Waals surface area contributed by atoms with Gasteiger partial charge < -0.3 is 9.26 Å². The highest BCUT2D eigenvalue weighted by Gasteiger charge is 1.95. The van der Waals surface area contributed by atoms with Crippen LogP contribution >= 0.6 is 0 Å². The molecule has 0 atom stereocenters. The smallest absolute Gasteiger partial charge is 0.124 e. The molecule has 0 aliphatic carbocycles. The molecule has 68 valence electrons. The van der Waals surface area contributed by atoms with Gasteiger partial charge in [0.15, 0.2) is 0 Å². The van der Waals surface area contributed by atoms with Crippen LogP contribution in [0.25, 0.3) is 0 Å². The van der Waals surface area contributed by atoms with Crippen molar-refractivity contribution < 1.29 is 9.26 Å². The van der Waals surface area contributed by atoms with Crippen LogP contribution in [-0.2, 0) is 11.2 Å². The molecule has 0 unspecified atom stereocenters. The first-order chi connectivity index (χ1) is 5.93. The fourth-order valence-electron chi connectivity index (χ4n) is 0.968. The van der Waals surface area contributed by atoms with E-state index in [1.165, 1.54) is 0 Å². The Bertz CT molecular complexity index is 184. The molecule has 0 amide bonds. The highest BCUT2D eigenvalue weighted by molar-refractivity contribution is 4.94. The zero-order chi connectivity index (χ0) is 8.65. The number of hydrogen-bond acceptors (Lipinski definition) is 3. The van der Waals surface area contributed by atoms with Gasteiger partial charge in [0.05, 0.1) is 5.69 Å². The number of nitrogens with zero attached hydrogens (tertiary/aromatic N) is 1. The third kappa shape index (κ3) is 3.53. The molecule has 3 heteroatoms. The first kappa shape index (κ1) is 9.26. The van der Waals surface area contributed by atoms with Crippen LogP contribution in [-0.4, -0.2) is 18.4 Å². The Morgan fingerprint density at radius 1 is 1.50 bits per heavy atom. The Morgan fingerprint density at radius 3 is 3.08 bits per heavy atom. The van der Waals surface area contributed by atoms with Crippen LogP contribution in [0.3, 0.4) is 0 Å². The van der Waals surface area contributed by atoms with Crippen LogP contribution < -0.4 is 0 Å². The van der Waals surface area contributed by atoms with Crippen LogP contribution in [0.2, 0.25) is 0 Å². The highest BCUT2D eigenvalue weighted by atomic mass is 16.5. The molecule has 12 heavy (non-hydrogen) atoms. The highest BCUT2D eigenvalue weighted by Crippen LogP contribution is 1.99. The van der Waals surface area contributed by atoms with Crippen molar-refractivity contribution in [1.29, 1.82) is 0 Å². The third-order valence-corrected chi connectivity index (χ3v) is 1.56. The van der Waals surface area contributed by atoms with Crippen molar-refractivity contribution >= 4 is 0 Å². The normalized spacial score (nSPS) is 10.4. The van der Waals surface area contributed by atoms with Crippen LogP contribution in [0.15, 0.2) is 16.9 Å². The SMILES string of the molecule is CCCOCCCc1ccon1. The summed E-state index contributed by atoms with van der Waals surface area (Å²) in [7, 11) is 0. The molecule has 1 aromatic heterocycles. The summed E-state index contributed by atoms with van der Waals surface area (Å²) >= 11 is 0. The predicted octanol–water partition coefficient (Wildman–Crippen LogP) is 2.03. The number of rotatable bonds is 6. The van der Waals surface area contributed by atoms with Crippen molar-refractivity contribution in [2.75, 3.05) is 13.2 Å². The van der Waals surface area contributed by atoms with E-state index in [1.54, 1.807) is 6.26 Å². The summed E-state index contributed by atoms with van der Waals surface area (Å²) in [5.74, 6) is 0. The minimum absolute atomic E-state index is 0.820. The summed E-state index contributed by atoms with van der Waals surface area (Å²) in [6.45, 7) is 3.79. The molecule has 0 saturated heterocycles. The molecule has 0 aliphatic rings. The van der Waals surface area contributed by atoms with Crippen LogP contribution in [0.5, 0.6) is 0 Å². The van der Waals surface area contributed by atoms with Crippen molar-refractivity contribution in [3.63, 3.8) is 0 Å². The molecule has 0 saturated carbocycles. The lowest BCUT2D eigenvalue weighted by molar-refractivity contribution is 0.132. The standard InChI is InChI=1S/C9H15NO2/c1-2-6-11-7-3-4-9-5-8-12-10-9/h5,8H,2-4,6-7H2,1H3. The number of aromatic nitrogens is 1. The first-order valence-corrected chi connectivity index (χ1v) is 4.40. The second-order valence-corrected chi connectivity index (χ2v) is 2.71. The summed E-state index contributed by atoms with van der Waals surface area (Å²) in [6, 6.07) is 1.89. The van der Waals surface area contributed by atoms with Crippen molar-refractivity contribution in [2.24, 2.45) is 0 Å². The van der Waals surface area contributed by atoms with Crippen molar-refractivity contribution in [3.8, 4) is 0 Å². The second kappa shape index (κ2) is 5.77. The molecule has 0 spiro atoms. The fraction of sp³-hybridized carbons (Fsp3) is 0.667. The van der Waals surface area contributed by atoms with Gasteiger partial charge in [-0.2, -0.15) is 0 Å². The molecule has 0 bridgehead atoms. The summed E-state index contributed by atoms with van der Waals surface area (Å²) in [5, 5.41) is 3.80. The molecule has 0 radical (unpaired) electrons. The molecule has 1 heterocycles. The minimum Gasteiger partial charge on any atom is -0.381 e. The molecule has 0 aliphatic heterocycles. The van der Waals surface area contributed by atoms with E-state index in [1.807, 2.05) is 6.07 Å². The maximum Gasteiger partial charge on any atom is 0.124 e. The topological polar surface area (TPSA) is 35.3 Å². The molecule has 0 fully saturated rings. The van der Waals surface area contributed by atoms with Gasteiger partial charge in [0.2, 0.25) is 0 Å². The fourth-order valence-corrected chi connectivity index (χ4v) is 0.968. The van der Waals surface area contributed by atoms with Crippen LogP contribution in [0.1, 0.15) is 25.5 Å². The lowest BCUT2D eigenvalue weighted by Crippen LogP contribution is -1.97. The Labute approximate surface area is 72.7 Å². The average molecular weight is 169 g/mol. The lowest BCUT2D eigenvalue weighted by atomic mass is 10.2. The maximum absolute atomic E-state index is 5.32. The quantitative estimate of drug-likeness (QED) is 0.611. The van der Waals surface area contributed by atoms with E-state index in [2.05, 4.69) is 12.1 Å². The number of aryl methyl sites for hydroxylation is 1. The monoisotopic (exact) mass is 169 g/mol. The zero-order valence-corrected chi connectivity index (χ0v) is 7.45. The molecule has 1 rings (SSSR count). The van der Waals surface area contributed by atoms with Gasteiger partial charge in [0.25, 0.3) is 0 Å². The Hall–Kier alpha value is -0.830. The van der Waals surface area contributed by atoms with E-state index >= 15 is 0 Å². The third-order valence-electron chi connectivity index (χ3n) is 1.56. The van der Waals surface area contributed by atoms with Crippen molar-refractivity contribution in [3.05, 3.63) is 18.0 Å². The number of ether oxygens (including phenoxy) is 1. The second-order valence-electron chi connectivity index (χ2n) is 2.71. The van der Waals surface area contributed by atoms with Crippen LogP contribution in [0, 0.1) is 0 Å². The van der Waals surface area contributed by atoms with Crippen LogP contribution in [0.4, 0.5) is 0 Å².